The third kappa shape index (κ3) is 15.4. The van der Waals surface area contributed by atoms with Gasteiger partial charge >= 0.3 is 12.1 Å². The summed E-state index contributed by atoms with van der Waals surface area (Å²) < 4.78 is 10.3. The van der Waals surface area contributed by atoms with Crippen molar-refractivity contribution in [2.45, 2.75) is 95.5 Å². The number of nitrogens with one attached hydrogen (secondary N) is 5. The van der Waals surface area contributed by atoms with Crippen LogP contribution in [0.1, 0.15) is 64.0 Å². The number of hydrogen-bond donors (Lipinski definition) is 6. The number of carbonyl (C=O) groups is 6. The van der Waals surface area contributed by atoms with Gasteiger partial charge in [0.1, 0.15) is 29.5 Å². The van der Waals surface area contributed by atoms with Crippen LogP contribution in [0.5, 0.6) is 5.75 Å². The number of ether oxygens (including phenoxy) is 2. The second-order valence-electron chi connectivity index (χ2n) is 14.0. The highest BCUT2D eigenvalue weighted by molar-refractivity contribution is 7.98. The molecule has 1 aliphatic rings. The van der Waals surface area contributed by atoms with Crippen molar-refractivity contribution in [1.29, 1.82) is 0 Å². The van der Waals surface area contributed by atoms with Crippen LogP contribution >= 0.6 is 11.8 Å². The lowest BCUT2D eigenvalue weighted by Crippen LogP contribution is -2.56. The van der Waals surface area contributed by atoms with Gasteiger partial charge in [0, 0.05) is 18.9 Å². The van der Waals surface area contributed by atoms with E-state index in [0.717, 1.165) is 12.0 Å². The minimum Gasteiger partial charge on any atom is -0.508 e. The molecule has 0 bridgehead atoms. The molecule has 1 aliphatic carbocycles. The maximum atomic E-state index is 13.6. The van der Waals surface area contributed by atoms with E-state index in [1.165, 1.54) is 31.0 Å². The first kappa shape index (κ1) is 42.6. The molecule has 15 heteroatoms. The second kappa shape index (κ2) is 21.0. The predicted octanol–water partition coefficient (Wildman–Crippen LogP) is 2.76. The molecule has 0 saturated heterocycles. The van der Waals surface area contributed by atoms with Gasteiger partial charge < -0.3 is 41.2 Å². The molecular formula is C38H53N5O9S. The highest BCUT2D eigenvalue weighted by Crippen LogP contribution is 2.25. The molecule has 1 fully saturated rings. The normalized spacial score (nSPS) is 17.2. The van der Waals surface area contributed by atoms with Crippen LogP contribution in [-0.4, -0.2) is 96.2 Å². The summed E-state index contributed by atoms with van der Waals surface area (Å²) in [6.07, 6.45) is 4.04. The lowest BCUT2D eigenvalue weighted by atomic mass is 9.85. The summed E-state index contributed by atoms with van der Waals surface area (Å²) in [5.41, 5.74) is 0.631. The Bertz CT molecular complexity index is 1530. The molecule has 2 aromatic rings. The minimum atomic E-state index is -1.13. The minimum absolute atomic E-state index is 0.0395. The number of alkyl carbamates (subject to hydrolysis) is 1. The van der Waals surface area contributed by atoms with Crippen LogP contribution < -0.4 is 26.6 Å². The van der Waals surface area contributed by atoms with Crippen LogP contribution in [0.25, 0.3) is 0 Å². The topological polar surface area (TPSA) is 201 Å². The quantitative estimate of drug-likeness (QED) is 0.131. The number of rotatable bonds is 17. The number of phenols is 1. The Morgan fingerprint density at radius 3 is 2.09 bits per heavy atom. The van der Waals surface area contributed by atoms with E-state index in [-0.39, 0.29) is 42.9 Å². The van der Waals surface area contributed by atoms with Gasteiger partial charge in [-0.05, 0) is 81.7 Å². The largest absolute Gasteiger partial charge is 0.508 e. The van der Waals surface area contributed by atoms with Gasteiger partial charge in [0.05, 0.1) is 19.6 Å². The summed E-state index contributed by atoms with van der Waals surface area (Å²) in [5, 5.41) is 23.3. The van der Waals surface area contributed by atoms with E-state index in [9.17, 15) is 33.9 Å². The molecule has 0 aliphatic heterocycles. The number of esters is 1. The Morgan fingerprint density at radius 2 is 1.47 bits per heavy atom. The summed E-state index contributed by atoms with van der Waals surface area (Å²) in [7, 11) is 1.34. The number of carbonyl (C=O) groups excluding carboxylic acids is 6. The van der Waals surface area contributed by atoms with Crippen molar-refractivity contribution in [2.75, 3.05) is 25.7 Å². The van der Waals surface area contributed by atoms with E-state index in [2.05, 4.69) is 26.6 Å². The molecule has 1 saturated carbocycles. The predicted molar refractivity (Wildman–Crippen MR) is 201 cm³/mol. The third-order valence-electron chi connectivity index (χ3n) is 8.54. The molecule has 0 radical (unpaired) electrons. The van der Waals surface area contributed by atoms with Gasteiger partial charge in [-0.1, -0.05) is 48.9 Å². The number of thioether (sulfide) groups is 1. The van der Waals surface area contributed by atoms with Crippen molar-refractivity contribution in [3.63, 3.8) is 0 Å². The van der Waals surface area contributed by atoms with Gasteiger partial charge in [0.2, 0.25) is 23.6 Å². The molecular weight excluding hydrogens is 703 g/mol. The van der Waals surface area contributed by atoms with E-state index in [0.29, 0.717) is 30.6 Å². The fourth-order valence-electron chi connectivity index (χ4n) is 5.90. The van der Waals surface area contributed by atoms with E-state index in [1.807, 2.05) is 36.6 Å². The summed E-state index contributed by atoms with van der Waals surface area (Å²) >= 11 is 1.46. The van der Waals surface area contributed by atoms with E-state index >= 15 is 0 Å². The molecule has 0 aromatic heterocycles. The first-order valence-electron chi connectivity index (χ1n) is 17.7. The maximum absolute atomic E-state index is 13.6. The molecule has 0 heterocycles. The number of hydrogen-bond acceptors (Lipinski definition) is 10. The Morgan fingerprint density at radius 1 is 0.830 bits per heavy atom. The standard InChI is InChI=1S/C38H53N5O9S/c1-38(2,3)52-37(50)43-31(21-25-14-16-28(44)17-15-25)35(48)42-29(18-19-53-5)33(46)39-23-32(45)41-30(20-24-10-7-6-8-11-24)34(47)40-27-13-9-12-26(22-27)36(49)51-4/h6-8,10-11,14-17,26-27,29-31,44H,9,12-13,18-23H2,1-5H3,(H,39,46)(H,40,47)(H,41,45)(H,42,48)(H,43,50)/t26-,27+,29-,30+,31+/m1/s1. The zero-order chi connectivity index (χ0) is 39.0. The van der Waals surface area contributed by atoms with Gasteiger partial charge in [-0.3, -0.25) is 24.0 Å². The lowest BCUT2D eigenvalue weighted by molar-refractivity contribution is -0.147. The van der Waals surface area contributed by atoms with Crippen molar-refractivity contribution in [3.8, 4) is 5.75 Å². The molecule has 3 rings (SSSR count). The van der Waals surface area contributed by atoms with E-state index in [1.54, 1.807) is 32.9 Å². The molecule has 14 nitrogen and oxygen atoms in total. The highest BCUT2D eigenvalue weighted by atomic mass is 32.2. The smallest absolute Gasteiger partial charge is 0.408 e. The molecule has 5 atom stereocenters. The molecule has 2 aromatic carbocycles. The SMILES string of the molecule is COC(=O)[C@@H]1CCC[C@H](NC(=O)[C@H](Cc2ccccc2)NC(=O)CNC(=O)[C@@H](CCSC)NC(=O)[C@H](Cc2ccc(O)cc2)NC(=O)OC(C)(C)C)C1. The first-order chi connectivity index (χ1) is 25.2. The number of methoxy groups -OCH3 is 1. The van der Waals surface area contributed by atoms with Crippen LogP contribution in [0.15, 0.2) is 54.6 Å². The lowest BCUT2D eigenvalue weighted by Gasteiger charge is -2.30. The van der Waals surface area contributed by atoms with Gasteiger partial charge in [0.25, 0.3) is 0 Å². The van der Waals surface area contributed by atoms with Gasteiger partial charge in [-0.15, -0.1) is 0 Å². The number of benzene rings is 2. The molecule has 0 unspecified atom stereocenters. The van der Waals surface area contributed by atoms with Gasteiger partial charge in [-0.2, -0.15) is 11.8 Å². The number of amides is 5. The Hall–Kier alpha value is -4.79. The third-order valence-corrected chi connectivity index (χ3v) is 9.18. The molecule has 0 spiro atoms. The highest BCUT2D eigenvalue weighted by Gasteiger charge is 2.32. The molecule has 53 heavy (non-hydrogen) atoms. The molecule has 5 amide bonds. The van der Waals surface area contributed by atoms with Crippen molar-refractivity contribution in [3.05, 3.63) is 65.7 Å². The Kier molecular flexibility index (Phi) is 16.9. The van der Waals surface area contributed by atoms with Gasteiger partial charge in [-0.25, -0.2) is 4.79 Å². The maximum Gasteiger partial charge on any atom is 0.408 e. The van der Waals surface area contributed by atoms with E-state index < -0.39 is 60.0 Å². The van der Waals surface area contributed by atoms with E-state index in [4.69, 9.17) is 9.47 Å². The summed E-state index contributed by atoms with van der Waals surface area (Å²) in [6.45, 7) is 4.60. The fourth-order valence-corrected chi connectivity index (χ4v) is 6.37. The van der Waals surface area contributed by atoms with Crippen molar-refractivity contribution < 1.29 is 43.3 Å². The molecule has 6 N–H and O–H groups in total. The average molecular weight is 756 g/mol. The average Bonchev–Trinajstić information content (AvgIpc) is 3.12. The number of phenolic OH excluding ortho intramolecular Hbond substituents is 1. The van der Waals surface area contributed by atoms with Crippen LogP contribution in [0.2, 0.25) is 0 Å². The summed E-state index contributed by atoms with van der Waals surface area (Å²) in [6, 6.07) is 11.9. The first-order valence-corrected chi connectivity index (χ1v) is 19.1. The van der Waals surface area contributed by atoms with Crippen LogP contribution in [-0.2, 0) is 46.3 Å². The Balaban J connectivity index is 1.68. The van der Waals surface area contributed by atoms with Crippen LogP contribution in [0.4, 0.5) is 4.79 Å². The van der Waals surface area contributed by atoms with Crippen LogP contribution in [0, 0.1) is 5.92 Å². The zero-order valence-corrected chi connectivity index (χ0v) is 31.9. The van der Waals surface area contributed by atoms with Crippen molar-refractivity contribution in [2.24, 2.45) is 5.92 Å². The van der Waals surface area contributed by atoms with Crippen molar-refractivity contribution >= 4 is 47.5 Å². The summed E-state index contributed by atoms with van der Waals surface area (Å²) in [4.78, 5) is 78.6. The Labute approximate surface area is 315 Å². The van der Waals surface area contributed by atoms with Crippen molar-refractivity contribution in [1.82, 2.24) is 26.6 Å². The monoisotopic (exact) mass is 755 g/mol. The number of aromatic hydroxyl groups is 1. The zero-order valence-electron chi connectivity index (χ0n) is 31.1. The second-order valence-corrected chi connectivity index (χ2v) is 15.0. The molecule has 290 valence electrons. The fraction of sp³-hybridized carbons (Fsp3) is 0.526. The van der Waals surface area contributed by atoms with Gasteiger partial charge in [0.15, 0.2) is 0 Å². The van der Waals surface area contributed by atoms with Crippen LogP contribution in [0.3, 0.4) is 0 Å². The summed E-state index contributed by atoms with van der Waals surface area (Å²) in [5.74, 6) is -2.37.